The second-order valence-electron chi connectivity index (χ2n) is 5.67. The molecule has 0 radical (unpaired) electrons. The summed E-state index contributed by atoms with van der Waals surface area (Å²) in [5, 5.41) is 5.31. The van der Waals surface area contributed by atoms with Crippen LogP contribution in [0, 0.1) is 0 Å². The minimum atomic E-state index is -0.293. The third-order valence-electron chi connectivity index (χ3n) is 4.09. The first kappa shape index (κ1) is 12.5. The first-order valence-electron chi connectivity index (χ1n) is 6.69. The summed E-state index contributed by atoms with van der Waals surface area (Å²) in [6, 6.07) is 3.45. The molecule has 1 heterocycles. The van der Waals surface area contributed by atoms with Gasteiger partial charge in [0.1, 0.15) is 0 Å². The summed E-state index contributed by atoms with van der Waals surface area (Å²) >= 11 is 12.7. The van der Waals surface area contributed by atoms with Crippen LogP contribution in [0.3, 0.4) is 0 Å². The van der Waals surface area contributed by atoms with E-state index < -0.39 is 0 Å². The first-order valence-corrected chi connectivity index (χ1v) is 7.45. The average Bonchev–Trinajstić information content (AvgIpc) is 3.30. The van der Waals surface area contributed by atoms with Crippen LogP contribution in [0.5, 0.6) is 0 Å². The van der Waals surface area contributed by atoms with Crippen LogP contribution in [-0.2, 0) is 5.41 Å². The quantitative estimate of drug-likeness (QED) is 0.873. The Kier molecular flexibility index (Phi) is 2.57. The maximum absolute atomic E-state index is 6.34. The molecule has 1 aromatic heterocycles. The van der Waals surface area contributed by atoms with E-state index in [1.807, 2.05) is 0 Å². The molecule has 1 aromatic carbocycles. The first-order chi connectivity index (χ1) is 9.60. The van der Waals surface area contributed by atoms with E-state index in [2.05, 4.69) is 10.1 Å². The number of hydrogen-bond acceptors (Lipinski definition) is 4. The van der Waals surface area contributed by atoms with Gasteiger partial charge in [0.15, 0.2) is 5.82 Å². The number of aromatic nitrogens is 2. The van der Waals surface area contributed by atoms with Gasteiger partial charge in [-0.3, -0.25) is 0 Å². The Labute approximate surface area is 126 Å². The Morgan fingerprint density at radius 1 is 1.20 bits per heavy atom. The van der Waals surface area contributed by atoms with Crippen LogP contribution >= 0.6 is 23.2 Å². The molecule has 0 aliphatic heterocycles. The normalized spacial score (nSPS) is 20.1. The minimum absolute atomic E-state index is 0.293. The predicted octanol–water partition coefficient (Wildman–Crippen LogP) is 3.92. The molecule has 2 aliphatic rings. The van der Waals surface area contributed by atoms with Crippen LogP contribution < -0.4 is 5.73 Å². The molecule has 20 heavy (non-hydrogen) atoms. The van der Waals surface area contributed by atoms with Gasteiger partial charge >= 0.3 is 0 Å². The van der Waals surface area contributed by atoms with Gasteiger partial charge in [-0.25, -0.2) is 0 Å². The second kappa shape index (κ2) is 4.12. The molecule has 6 heteroatoms. The minimum Gasteiger partial charge on any atom is -0.399 e. The standard InChI is InChI=1S/C14H13Cl2N3O/c15-9-5-8(17)6-10(16)11(9)14(3-4-14)13-18-12(20-19-13)7-1-2-7/h5-7H,1-4,17H2. The highest BCUT2D eigenvalue weighted by Gasteiger charge is 2.52. The van der Waals surface area contributed by atoms with Crippen LogP contribution in [0.25, 0.3) is 0 Å². The van der Waals surface area contributed by atoms with E-state index in [9.17, 15) is 0 Å². The molecular formula is C14H13Cl2N3O. The highest BCUT2D eigenvalue weighted by atomic mass is 35.5. The molecule has 104 valence electrons. The fourth-order valence-corrected chi connectivity index (χ4v) is 3.55. The number of rotatable bonds is 3. The third kappa shape index (κ3) is 1.82. The summed E-state index contributed by atoms with van der Waals surface area (Å²) in [7, 11) is 0. The van der Waals surface area contributed by atoms with Crippen LogP contribution in [0.2, 0.25) is 10.0 Å². The SMILES string of the molecule is Nc1cc(Cl)c(C2(c3noc(C4CC4)n3)CC2)c(Cl)c1. The van der Waals surface area contributed by atoms with Gasteiger partial charge in [0, 0.05) is 27.2 Å². The number of hydrogen-bond donors (Lipinski definition) is 1. The Balaban J connectivity index is 1.79. The maximum atomic E-state index is 6.34. The van der Waals surface area contributed by atoms with Gasteiger partial charge in [-0.1, -0.05) is 28.4 Å². The van der Waals surface area contributed by atoms with Crippen molar-refractivity contribution < 1.29 is 4.52 Å². The molecule has 0 bridgehead atoms. The summed E-state index contributed by atoms with van der Waals surface area (Å²) in [5.41, 5.74) is 6.91. The highest BCUT2D eigenvalue weighted by molar-refractivity contribution is 6.36. The summed E-state index contributed by atoms with van der Waals surface area (Å²) in [6.07, 6.45) is 4.13. The fraction of sp³-hybridized carbons (Fsp3) is 0.429. The molecule has 2 N–H and O–H groups in total. The zero-order valence-corrected chi connectivity index (χ0v) is 12.2. The number of nitrogens with zero attached hydrogens (tertiary/aromatic N) is 2. The van der Waals surface area contributed by atoms with Crippen molar-refractivity contribution in [3.05, 3.63) is 39.5 Å². The topological polar surface area (TPSA) is 64.9 Å². The lowest BCUT2D eigenvalue weighted by molar-refractivity contribution is 0.371. The molecule has 0 atom stereocenters. The van der Waals surface area contributed by atoms with E-state index in [-0.39, 0.29) is 5.41 Å². The lowest BCUT2D eigenvalue weighted by Crippen LogP contribution is -2.13. The van der Waals surface area contributed by atoms with Crippen LogP contribution in [0.1, 0.15) is 48.9 Å². The van der Waals surface area contributed by atoms with Crippen molar-refractivity contribution in [2.45, 2.75) is 37.0 Å². The highest BCUT2D eigenvalue weighted by Crippen LogP contribution is 2.57. The zero-order chi connectivity index (χ0) is 13.9. The van der Waals surface area contributed by atoms with Gasteiger partial charge in [0.25, 0.3) is 0 Å². The van der Waals surface area contributed by atoms with Crippen molar-refractivity contribution in [3.8, 4) is 0 Å². The largest absolute Gasteiger partial charge is 0.399 e. The smallest absolute Gasteiger partial charge is 0.229 e. The molecule has 2 fully saturated rings. The third-order valence-corrected chi connectivity index (χ3v) is 4.69. The van der Waals surface area contributed by atoms with E-state index in [1.54, 1.807) is 12.1 Å². The van der Waals surface area contributed by atoms with Crippen LogP contribution in [0.15, 0.2) is 16.7 Å². The van der Waals surface area contributed by atoms with E-state index in [0.717, 1.165) is 37.1 Å². The molecule has 0 unspecified atom stereocenters. The van der Waals surface area contributed by atoms with Crippen molar-refractivity contribution in [2.75, 3.05) is 5.73 Å². The monoisotopic (exact) mass is 309 g/mol. The van der Waals surface area contributed by atoms with Crippen molar-refractivity contribution >= 4 is 28.9 Å². The van der Waals surface area contributed by atoms with Gasteiger partial charge < -0.3 is 10.3 Å². The van der Waals surface area contributed by atoms with Crippen molar-refractivity contribution in [1.29, 1.82) is 0 Å². The molecule has 0 amide bonds. The Morgan fingerprint density at radius 2 is 1.85 bits per heavy atom. The van der Waals surface area contributed by atoms with E-state index in [0.29, 0.717) is 27.5 Å². The Morgan fingerprint density at radius 3 is 2.40 bits per heavy atom. The fourth-order valence-electron chi connectivity index (χ4n) is 2.69. The molecular weight excluding hydrogens is 297 g/mol. The van der Waals surface area contributed by atoms with Crippen molar-refractivity contribution in [3.63, 3.8) is 0 Å². The molecule has 4 rings (SSSR count). The molecule has 0 saturated heterocycles. The lowest BCUT2D eigenvalue weighted by atomic mass is 9.94. The zero-order valence-electron chi connectivity index (χ0n) is 10.7. The number of nitrogens with two attached hydrogens (primary N) is 1. The Bertz CT molecular complexity index is 666. The summed E-state index contributed by atoms with van der Waals surface area (Å²) < 4.78 is 5.37. The summed E-state index contributed by atoms with van der Waals surface area (Å²) in [4.78, 5) is 4.56. The lowest BCUT2D eigenvalue weighted by Gasteiger charge is -2.15. The molecule has 2 aromatic rings. The van der Waals surface area contributed by atoms with Crippen molar-refractivity contribution in [2.24, 2.45) is 0 Å². The number of nitrogen functional groups attached to an aromatic ring is 1. The van der Waals surface area contributed by atoms with Gasteiger partial charge in [-0.15, -0.1) is 0 Å². The molecule has 0 spiro atoms. The second-order valence-corrected chi connectivity index (χ2v) is 6.49. The predicted molar refractivity (Wildman–Crippen MR) is 77.2 cm³/mol. The van der Waals surface area contributed by atoms with Gasteiger partial charge in [0.05, 0.1) is 5.41 Å². The maximum Gasteiger partial charge on any atom is 0.229 e. The number of anilines is 1. The molecule has 2 aliphatic carbocycles. The van der Waals surface area contributed by atoms with Crippen LogP contribution in [-0.4, -0.2) is 10.1 Å². The van der Waals surface area contributed by atoms with Gasteiger partial charge in [-0.2, -0.15) is 4.98 Å². The van der Waals surface area contributed by atoms with Crippen molar-refractivity contribution in [1.82, 2.24) is 10.1 Å². The summed E-state index contributed by atoms with van der Waals surface area (Å²) in [6.45, 7) is 0. The van der Waals surface area contributed by atoms with E-state index >= 15 is 0 Å². The van der Waals surface area contributed by atoms with Crippen LogP contribution in [0.4, 0.5) is 5.69 Å². The number of benzene rings is 1. The average molecular weight is 310 g/mol. The van der Waals surface area contributed by atoms with E-state index in [4.69, 9.17) is 33.5 Å². The number of halogens is 2. The summed E-state index contributed by atoms with van der Waals surface area (Å²) in [5.74, 6) is 1.89. The molecule has 4 nitrogen and oxygen atoms in total. The van der Waals surface area contributed by atoms with E-state index in [1.165, 1.54) is 0 Å². The van der Waals surface area contributed by atoms with Gasteiger partial charge in [0.2, 0.25) is 5.89 Å². The molecule has 2 saturated carbocycles. The van der Waals surface area contributed by atoms with Gasteiger partial charge in [-0.05, 0) is 37.8 Å². The Hall–Kier alpha value is -1.26.